The topological polar surface area (TPSA) is 24.5 Å². The van der Waals surface area contributed by atoms with Crippen LogP contribution in [0.15, 0.2) is 0 Å². The van der Waals surface area contributed by atoms with Crippen LogP contribution in [0.1, 0.15) is 20.8 Å². The molecule has 0 spiro atoms. The molecule has 0 aromatic heterocycles. The molecular weight excluding hydrogens is 164 g/mol. The molecule has 1 saturated heterocycles. The Morgan fingerprint density at radius 3 is 3.00 bits per heavy atom. The average molecular weight is 186 g/mol. The van der Waals surface area contributed by atoms with Crippen LogP contribution in [0.5, 0.6) is 0 Å². The number of rotatable bonds is 4. The summed E-state index contributed by atoms with van der Waals surface area (Å²) in [6.45, 7) is 11.7. The summed E-state index contributed by atoms with van der Waals surface area (Å²) in [7, 11) is 0. The maximum absolute atomic E-state index is 5.40. The molecule has 1 aliphatic rings. The second-order valence-electron chi connectivity index (χ2n) is 3.82. The summed E-state index contributed by atoms with van der Waals surface area (Å²) >= 11 is 0. The van der Waals surface area contributed by atoms with Crippen molar-refractivity contribution in [3.63, 3.8) is 0 Å². The molecule has 78 valence electrons. The third-order valence-electron chi connectivity index (χ3n) is 2.67. The lowest BCUT2D eigenvalue weighted by Crippen LogP contribution is -2.51. The van der Waals surface area contributed by atoms with Gasteiger partial charge in [-0.05, 0) is 20.4 Å². The zero-order valence-electron chi connectivity index (χ0n) is 9.05. The van der Waals surface area contributed by atoms with E-state index in [9.17, 15) is 0 Å². The van der Waals surface area contributed by atoms with Crippen molar-refractivity contribution in [1.82, 2.24) is 10.2 Å². The molecule has 0 amide bonds. The zero-order valence-corrected chi connectivity index (χ0v) is 9.05. The van der Waals surface area contributed by atoms with Gasteiger partial charge in [-0.15, -0.1) is 0 Å². The predicted octanol–water partition coefficient (Wildman–Crippen LogP) is 0.705. The van der Waals surface area contributed by atoms with Crippen molar-refractivity contribution in [1.29, 1.82) is 0 Å². The Hall–Kier alpha value is -0.120. The van der Waals surface area contributed by atoms with Gasteiger partial charge in [-0.3, -0.25) is 4.90 Å². The highest BCUT2D eigenvalue weighted by molar-refractivity contribution is 4.77. The van der Waals surface area contributed by atoms with Crippen LogP contribution in [-0.4, -0.2) is 49.8 Å². The van der Waals surface area contributed by atoms with Gasteiger partial charge in [0.05, 0.1) is 13.2 Å². The van der Waals surface area contributed by atoms with Gasteiger partial charge >= 0.3 is 0 Å². The molecule has 1 aliphatic heterocycles. The van der Waals surface area contributed by atoms with Gasteiger partial charge in [0.25, 0.3) is 0 Å². The molecule has 1 heterocycles. The van der Waals surface area contributed by atoms with Gasteiger partial charge in [0, 0.05) is 25.2 Å². The molecule has 0 aliphatic carbocycles. The van der Waals surface area contributed by atoms with E-state index in [0.717, 1.165) is 32.8 Å². The summed E-state index contributed by atoms with van der Waals surface area (Å²) < 4.78 is 5.40. The van der Waals surface area contributed by atoms with Gasteiger partial charge in [0.2, 0.25) is 0 Å². The number of morpholine rings is 1. The quantitative estimate of drug-likeness (QED) is 0.699. The molecule has 2 atom stereocenters. The first-order valence-corrected chi connectivity index (χ1v) is 5.30. The highest BCUT2D eigenvalue weighted by Gasteiger charge is 2.22. The minimum atomic E-state index is 0.572. The monoisotopic (exact) mass is 186 g/mol. The Kier molecular flexibility index (Phi) is 4.70. The summed E-state index contributed by atoms with van der Waals surface area (Å²) in [5, 5.41) is 3.38. The Bertz CT molecular complexity index is 141. The molecule has 0 bridgehead atoms. The summed E-state index contributed by atoms with van der Waals surface area (Å²) in [6, 6.07) is 1.20. The lowest BCUT2D eigenvalue weighted by atomic mass is 10.2. The minimum absolute atomic E-state index is 0.572. The Morgan fingerprint density at radius 2 is 2.38 bits per heavy atom. The van der Waals surface area contributed by atoms with Gasteiger partial charge in [-0.2, -0.15) is 0 Å². The standard InChI is InChI=1S/C10H22N2O/c1-4-11-7-9(2)12-5-6-13-8-10(12)3/h9-11H,4-8H2,1-3H3. The normalized spacial score (nSPS) is 27.5. The van der Waals surface area contributed by atoms with Gasteiger partial charge < -0.3 is 10.1 Å². The van der Waals surface area contributed by atoms with Crippen molar-refractivity contribution < 1.29 is 4.74 Å². The van der Waals surface area contributed by atoms with Gasteiger partial charge in [-0.25, -0.2) is 0 Å². The first kappa shape index (κ1) is 11.0. The fourth-order valence-corrected chi connectivity index (χ4v) is 1.87. The molecule has 2 unspecified atom stereocenters. The van der Waals surface area contributed by atoms with E-state index in [0.29, 0.717) is 12.1 Å². The Labute approximate surface area is 81.4 Å². The first-order valence-electron chi connectivity index (χ1n) is 5.30. The van der Waals surface area contributed by atoms with Gasteiger partial charge in [0.15, 0.2) is 0 Å². The van der Waals surface area contributed by atoms with Crippen LogP contribution in [0.25, 0.3) is 0 Å². The Balaban J connectivity index is 2.30. The van der Waals surface area contributed by atoms with Crippen LogP contribution in [-0.2, 0) is 4.74 Å². The predicted molar refractivity (Wildman–Crippen MR) is 55.0 cm³/mol. The number of likely N-dealkylation sites (N-methyl/N-ethyl adjacent to an activating group) is 1. The van der Waals surface area contributed by atoms with Crippen LogP contribution in [0, 0.1) is 0 Å². The molecule has 1 N–H and O–H groups in total. The lowest BCUT2D eigenvalue weighted by Gasteiger charge is -2.37. The average Bonchev–Trinajstić information content (AvgIpc) is 2.15. The molecule has 13 heavy (non-hydrogen) atoms. The molecule has 0 saturated carbocycles. The number of hydrogen-bond donors (Lipinski definition) is 1. The largest absolute Gasteiger partial charge is 0.379 e. The summed E-state index contributed by atoms with van der Waals surface area (Å²) in [4.78, 5) is 2.52. The number of nitrogens with one attached hydrogen (secondary N) is 1. The van der Waals surface area contributed by atoms with E-state index >= 15 is 0 Å². The lowest BCUT2D eigenvalue weighted by molar-refractivity contribution is -0.0180. The second-order valence-corrected chi connectivity index (χ2v) is 3.82. The zero-order chi connectivity index (χ0) is 9.68. The smallest absolute Gasteiger partial charge is 0.0619 e. The van der Waals surface area contributed by atoms with Crippen LogP contribution >= 0.6 is 0 Å². The van der Waals surface area contributed by atoms with Crippen molar-refractivity contribution in [2.24, 2.45) is 0 Å². The van der Waals surface area contributed by atoms with E-state index in [4.69, 9.17) is 4.74 Å². The number of nitrogens with zero attached hydrogens (tertiary/aromatic N) is 1. The van der Waals surface area contributed by atoms with E-state index in [2.05, 4.69) is 31.0 Å². The van der Waals surface area contributed by atoms with Crippen molar-refractivity contribution in [3.8, 4) is 0 Å². The summed E-state index contributed by atoms with van der Waals surface area (Å²) in [5.74, 6) is 0. The summed E-state index contributed by atoms with van der Waals surface area (Å²) in [6.07, 6.45) is 0. The number of ether oxygens (including phenoxy) is 1. The molecule has 1 rings (SSSR count). The highest BCUT2D eigenvalue weighted by atomic mass is 16.5. The molecule has 0 aromatic carbocycles. The molecule has 3 nitrogen and oxygen atoms in total. The first-order chi connectivity index (χ1) is 6.25. The Morgan fingerprint density at radius 1 is 1.62 bits per heavy atom. The maximum Gasteiger partial charge on any atom is 0.0619 e. The van der Waals surface area contributed by atoms with Crippen molar-refractivity contribution in [3.05, 3.63) is 0 Å². The van der Waals surface area contributed by atoms with Crippen LogP contribution in [0.3, 0.4) is 0 Å². The fraction of sp³-hybridized carbons (Fsp3) is 1.00. The SMILES string of the molecule is CCNCC(C)N1CCOCC1C. The van der Waals surface area contributed by atoms with E-state index in [1.54, 1.807) is 0 Å². The van der Waals surface area contributed by atoms with Crippen molar-refractivity contribution >= 4 is 0 Å². The number of hydrogen-bond acceptors (Lipinski definition) is 3. The van der Waals surface area contributed by atoms with Gasteiger partial charge in [-0.1, -0.05) is 6.92 Å². The van der Waals surface area contributed by atoms with Crippen LogP contribution < -0.4 is 5.32 Å². The third-order valence-corrected chi connectivity index (χ3v) is 2.67. The van der Waals surface area contributed by atoms with E-state index in [1.807, 2.05) is 0 Å². The van der Waals surface area contributed by atoms with Crippen LogP contribution in [0.4, 0.5) is 0 Å². The third kappa shape index (κ3) is 3.25. The maximum atomic E-state index is 5.40. The van der Waals surface area contributed by atoms with E-state index in [-0.39, 0.29) is 0 Å². The highest BCUT2D eigenvalue weighted by Crippen LogP contribution is 2.09. The summed E-state index contributed by atoms with van der Waals surface area (Å²) in [5.41, 5.74) is 0. The minimum Gasteiger partial charge on any atom is -0.379 e. The van der Waals surface area contributed by atoms with E-state index < -0.39 is 0 Å². The molecule has 1 fully saturated rings. The molecule has 0 radical (unpaired) electrons. The van der Waals surface area contributed by atoms with E-state index in [1.165, 1.54) is 0 Å². The molecular formula is C10H22N2O. The second kappa shape index (κ2) is 5.58. The van der Waals surface area contributed by atoms with Gasteiger partial charge in [0.1, 0.15) is 0 Å². The van der Waals surface area contributed by atoms with Crippen molar-refractivity contribution in [2.75, 3.05) is 32.8 Å². The molecule has 3 heteroatoms. The van der Waals surface area contributed by atoms with Crippen molar-refractivity contribution in [2.45, 2.75) is 32.9 Å². The molecule has 0 aromatic rings. The fourth-order valence-electron chi connectivity index (χ4n) is 1.87. The van der Waals surface area contributed by atoms with Crippen LogP contribution in [0.2, 0.25) is 0 Å².